The normalized spacial score (nSPS) is 18.7. The van der Waals surface area contributed by atoms with Gasteiger partial charge in [-0.2, -0.15) is 0 Å². The Labute approximate surface area is 161 Å². The molecule has 27 heavy (non-hydrogen) atoms. The summed E-state index contributed by atoms with van der Waals surface area (Å²) in [5.41, 5.74) is 1.47. The second-order valence-electron chi connectivity index (χ2n) is 6.58. The van der Waals surface area contributed by atoms with Gasteiger partial charge in [-0.25, -0.2) is 0 Å². The van der Waals surface area contributed by atoms with Crippen molar-refractivity contribution in [3.05, 3.63) is 64.2 Å². The lowest BCUT2D eigenvalue weighted by Crippen LogP contribution is -2.36. The summed E-state index contributed by atoms with van der Waals surface area (Å²) in [6.07, 6.45) is 1.66. The number of amides is 3. The predicted octanol–water partition coefficient (Wildman–Crippen LogP) is 3.37. The van der Waals surface area contributed by atoms with Crippen molar-refractivity contribution in [3.8, 4) is 0 Å². The molecule has 2 aliphatic rings. The van der Waals surface area contributed by atoms with Crippen molar-refractivity contribution in [1.82, 2.24) is 4.90 Å². The highest BCUT2D eigenvalue weighted by atomic mass is 35.5. The van der Waals surface area contributed by atoms with E-state index in [9.17, 15) is 14.4 Å². The molecule has 0 spiro atoms. The molecule has 138 valence electrons. The number of carbonyl (C=O) groups is 3. The third-order valence-corrected chi connectivity index (χ3v) is 5.00. The average Bonchev–Trinajstić information content (AvgIpc) is 3.26. The molecule has 6 nitrogen and oxygen atoms in total. The molecular weight excluding hydrogens is 368 g/mol. The fourth-order valence-corrected chi connectivity index (χ4v) is 3.45. The summed E-state index contributed by atoms with van der Waals surface area (Å²) in [5.74, 6) is -1.08. The number of fused-ring (bicyclic) bond motifs is 1. The first-order valence-electron chi connectivity index (χ1n) is 8.72. The van der Waals surface area contributed by atoms with Gasteiger partial charge < -0.3 is 10.1 Å². The highest BCUT2D eigenvalue weighted by molar-refractivity contribution is 6.30. The van der Waals surface area contributed by atoms with Crippen LogP contribution in [0, 0.1) is 0 Å². The van der Waals surface area contributed by atoms with E-state index in [-0.39, 0.29) is 35.9 Å². The van der Waals surface area contributed by atoms with E-state index in [1.807, 2.05) is 0 Å². The van der Waals surface area contributed by atoms with Crippen LogP contribution in [-0.2, 0) is 4.74 Å². The van der Waals surface area contributed by atoms with Gasteiger partial charge in [0.1, 0.15) is 0 Å². The van der Waals surface area contributed by atoms with E-state index in [0.717, 1.165) is 12.8 Å². The number of carbonyl (C=O) groups excluding carboxylic acids is 3. The summed E-state index contributed by atoms with van der Waals surface area (Å²) in [6.45, 7) is 0.904. The number of nitrogens with zero attached hydrogens (tertiary/aromatic N) is 1. The molecule has 4 rings (SSSR count). The standard InChI is InChI=1S/C20H17ClN2O4/c21-13-4-6-14(7-5-13)22-18(24)12-3-8-16-17(10-12)20(26)23(19(16)25)11-15-2-1-9-27-15/h3-8,10,15H,1-2,9,11H2,(H,22,24). The van der Waals surface area contributed by atoms with E-state index in [1.165, 1.54) is 17.0 Å². The maximum Gasteiger partial charge on any atom is 0.261 e. The first-order chi connectivity index (χ1) is 13.0. The van der Waals surface area contributed by atoms with Crippen molar-refractivity contribution < 1.29 is 19.1 Å². The SMILES string of the molecule is O=C(Nc1ccc(Cl)cc1)c1ccc2c(c1)C(=O)N(CC1CCCO1)C2=O. The van der Waals surface area contributed by atoms with Gasteiger partial charge in [0.15, 0.2) is 0 Å². The van der Waals surface area contributed by atoms with Gasteiger partial charge in [0.2, 0.25) is 0 Å². The highest BCUT2D eigenvalue weighted by Crippen LogP contribution is 2.26. The van der Waals surface area contributed by atoms with Crippen LogP contribution in [0.1, 0.15) is 43.9 Å². The largest absolute Gasteiger partial charge is 0.376 e. The van der Waals surface area contributed by atoms with Gasteiger partial charge in [-0.05, 0) is 55.3 Å². The molecule has 2 heterocycles. The third-order valence-electron chi connectivity index (χ3n) is 4.75. The Kier molecular flexibility index (Phi) is 4.68. The molecule has 2 aromatic carbocycles. The Balaban J connectivity index is 1.53. The number of hydrogen-bond acceptors (Lipinski definition) is 4. The molecule has 0 radical (unpaired) electrons. The molecule has 1 fully saturated rings. The van der Waals surface area contributed by atoms with Crippen molar-refractivity contribution in [3.63, 3.8) is 0 Å². The maximum absolute atomic E-state index is 12.7. The maximum atomic E-state index is 12.7. The van der Waals surface area contributed by atoms with Gasteiger partial charge in [-0.3, -0.25) is 19.3 Å². The topological polar surface area (TPSA) is 75.7 Å². The lowest BCUT2D eigenvalue weighted by atomic mass is 10.1. The van der Waals surface area contributed by atoms with E-state index in [2.05, 4.69) is 5.32 Å². The van der Waals surface area contributed by atoms with Crippen LogP contribution in [-0.4, -0.2) is 41.9 Å². The number of hydrogen-bond donors (Lipinski definition) is 1. The number of benzene rings is 2. The van der Waals surface area contributed by atoms with Crippen LogP contribution >= 0.6 is 11.6 Å². The fourth-order valence-electron chi connectivity index (χ4n) is 3.33. The predicted molar refractivity (Wildman–Crippen MR) is 100 cm³/mol. The van der Waals surface area contributed by atoms with Gasteiger partial charge in [0, 0.05) is 22.9 Å². The van der Waals surface area contributed by atoms with Crippen molar-refractivity contribution in [2.75, 3.05) is 18.5 Å². The molecule has 3 amide bonds. The average molecular weight is 385 g/mol. The molecule has 0 aromatic heterocycles. The zero-order chi connectivity index (χ0) is 19.0. The Bertz CT molecular complexity index is 920. The minimum absolute atomic E-state index is 0.111. The number of rotatable bonds is 4. The first-order valence-corrected chi connectivity index (χ1v) is 9.09. The summed E-state index contributed by atoms with van der Waals surface area (Å²) >= 11 is 5.84. The monoisotopic (exact) mass is 384 g/mol. The van der Waals surface area contributed by atoms with Crippen molar-refractivity contribution in [2.45, 2.75) is 18.9 Å². The molecule has 2 aromatic rings. The van der Waals surface area contributed by atoms with E-state index in [4.69, 9.17) is 16.3 Å². The molecule has 1 N–H and O–H groups in total. The first kappa shape index (κ1) is 17.7. The van der Waals surface area contributed by atoms with E-state index < -0.39 is 0 Å². The summed E-state index contributed by atoms with van der Waals surface area (Å²) in [5, 5.41) is 3.32. The zero-order valence-corrected chi connectivity index (χ0v) is 15.2. The molecule has 1 unspecified atom stereocenters. The van der Waals surface area contributed by atoms with E-state index in [1.54, 1.807) is 30.3 Å². The molecule has 1 saturated heterocycles. The Morgan fingerprint density at radius 1 is 1.11 bits per heavy atom. The molecule has 0 saturated carbocycles. The van der Waals surface area contributed by atoms with Crippen molar-refractivity contribution in [1.29, 1.82) is 0 Å². The molecule has 0 bridgehead atoms. The van der Waals surface area contributed by atoms with Crippen LogP contribution in [0.25, 0.3) is 0 Å². The van der Waals surface area contributed by atoms with Crippen LogP contribution < -0.4 is 5.32 Å². The number of nitrogens with one attached hydrogen (secondary N) is 1. The second-order valence-corrected chi connectivity index (χ2v) is 7.01. The van der Waals surface area contributed by atoms with Crippen LogP contribution in [0.4, 0.5) is 5.69 Å². The van der Waals surface area contributed by atoms with Crippen LogP contribution in [0.15, 0.2) is 42.5 Å². The Morgan fingerprint density at radius 3 is 2.56 bits per heavy atom. The quantitative estimate of drug-likeness (QED) is 0.820. The van der Waals surface area contributed by atoms with Gasteiger partial charge in [-0.15, -0.1) is 0 Å². The Morgan fingerprint density at radius 2 is 1.85 bits per heavy atom. The third kappa shape index (κ3) is 3.46. The molecule has 2 aliphatic heterocycles. The van der Waals surface area contributed by atoms with Crippen LogP contribution in [0.2, 0.25) is 5.02 Å². The second kappa shape index (κ2) is 7.13. The molecule has 0 aliphatic carbocycles. The summed E-state index contributed by atoms with van der Waals surface area (Å²) in [4.78, 5) is 38.9. The minimum atomic E-state index is -0.383. The molecule has 7 heteroatoms. The van der Waals surface area contributed by atoms with Gasteiger partial charge >= 0.3 is 0 Å². The number of anilines is 1. The number of ether oxygens (including phenoxy) is 1. The molecule has 1 atom stereocenters. The smallest absolute Gasteiger partial charge is 0.261 e. The molecular formula is C20H17ClN2O4. The van der Waals surface area contributed by atoms with Gasteiger partial charge in [-0.1, -0.05) is 11.6 Å². The lowest BCUT2D eigenvalue weighted by molar-refractivity contribution is 0.0475. The van der Waals surface area contributed by atoms with Crippen molar-refractivity contribution >= 4 is 35.0 Å². The fraction of sp³-hybridized carbons (Fsp3) is 0.250. The number of halogens is 1. The minimum Gasteiger partial charge on any atom is -0.376 e. The van der Waals surface area contributed by atoms with Crippen molar-refractivity contribution in [2.24, 2.45) is 0 Å². The van der Waals surface area contributed by atoms with Crippen LogP contribution in [0.5, 0.6) is 0 Å². The summed E-state index contributed by atoms with van der Waals surface area (Å²) < 4.78 is 5.53. The summed E-state index contributed by atoms with van der Waals surface area (Å²) in [6, 6.07) is 11.3. The Hall–Kier alpha value is -2.70. The van der Waals surface area contributed by atoms with Gasteiger partial charge in [0.25, 0.3) is 17.7 Å². The highest BCUT2D eigenvalue weighted by Gasteiger charge is 2.37. The van der Waals surface area contributed by atoms with Crippen LogP contribution in [0.3, 0.4) is 0 Å². The summed E-state index contributed by atoms with van der Waals surface area (Å²) in [7, 11) is 0. The number of imide groups is 1. The lowest BCUT2D eigenvalue weighted by Gasteiger charge is -2.17. The van der Waals surface area contributed by atoms with Gasteiger partial charge in [0.05, 0.1) is 23.8 Å². The van der Waals surface area contributed by atoms with E-state index in [0.29, 0.717) is 28.4 Å². The zero-order valence-electron chi connectivity index (χ0n) is 14.4. The van der Waals surface area contributed by atoms with E-state index >= 15 is 0 Å².